The summed E-state index contributed by atoms with van der Waals surface area (Å²) in [6.07, 6.45) is 1.38. The van der Waals surface area contributed by atoms with Gasteiger partial charge in [-0.25, -0.2) is 0 Å². The molecular formula is C12H28Si. The highest BCUT2D eigenvalue weighted by atomic mass is 28.3. The van der Waals surface area contributed by atoms with E-state index in [9.17, 15) is 0 Å². The van der Waals surface area contributed by atoms with Gasteiger partial charge in [0.2, 0.25) is 0 Å². The van der Waals surface area contributed by atoms with Crippen LogP contribution in [0.15, 0.2) is 0 Å². The lowest BCUT2D eigenvalue weighted by Gasteiger charge is -2.43. The van der Waals surface area contributed by atoms with Crippen LogP contribution in [0, 0.1) is 0 Å². The minimum Gasteiger partial charge on any atom is -0.0656 e. The van der Waals surface area contributed by atoms with Crippen molar-refractivity contribution in [2.75, 3.05) is 0 Å². The maximum Gasteiger partial charge on any atom is 0.0612 e. The highest BCUT2D eigenvalue weighted by molar-refractivity contribution is 6.83. The van der Waals surface area contributed by atoms with Crippen LogP contribution in [0.25, 0.3) is 0 Å². The third-order valence-corrected chi connectivity index (χ3v) is 11.7. The Morgan fingerprint density at radius 3 is 1.15 bits per heavy atom. The monoisotopic (exact) mass is 200 g/mol. The summed E-state index contributed by atoms with van der Waals surface area (Å²) in [5.41, 5.74) is 2.81. The maximum absolute atomic E-state index is 2.45. The van der Waals surface area contributed by atoms with E-state index in [-0.39, 0.29) is 0 Å². The van der Waals surface area contributed by atoms with Gasteiger partial charge >= 0.3 is 0 Å². The van der Waals surface area contributed by atoms with Gasteiger partial charge in [-0.05, 0) is 0 Å². The summed E-state index contributed by atoms with van der Waals surface area (Å²) in [4.78, 5) is 0. The Hall–Kier alpha value is 0.217. The molecule has 0 saturated carbocycles. The smallest absolute Gasteiger partial charge is 0.0612 e. The molecule has 0 heterocycles. The summed E-state index contributed by atoms with van der Waals surface area (Å²) >= 11 is 0. The van der Waals surface area contributed by atoms with Crippen molar-refractivity contribution in [2.45, 2.75) is 77.6 Å². The van der Waals surface area contributed by atoms with E-state index < -0.39 is 8.07 Å². The van der Waals surface area contributed by atoms with E-state index in [0.29, 0.717) is 0 Å². The van der Waals surface area contributed by atoms with E-state index in [2.05, 4.69) is 48.5 Å². The second-order valence-electron chi connectivity index (χ2n) is 5.33. The van der Waals surface area contributed by atoms with Gasteiger partial charge in [0.05, 0.1) is 8.07 Å². The Bertz CT molecular complexity index is 114. The lowest BCUT2D eigenvalue weighted by molar-refractivity contribution is 0.783. The summed E-state index contributed by atoms with van der Waals surface area (Å²) in [7, 11) is -1.03. The fourth-order valence-corrected chi connectivity index (χ4v) is 9.90. The van der Waals surface area contributed by atoms with Crippen molar-refractivity contribution in [3.05, 3.63) is 0 Å². The lowest BCUT2D eigenvalue weighted by Crippen LogP contribution is -2.43. The molecule has 0 nitrogen and oxygen atoms in total. The van der Waals surface area contributed by atoms with Gasteiger partial charge in [-0.15, -0.1) is 0 Å². The van der Waals surface area contributed by atoms with E-state index in [0.717, 1.165) is 16.6 Å². The van der Waals surface area contributed by atoms with Crippen LogP contribution in [0.1, 0.15) is 54.9 Å². The van der Waals surface area contributed by atoms with Crippen LogP contribution in [0.4, 0.5) is 0 Å². The van der Waals surface area contributed by atoms with Crippen molar-refractivity contribution >= 4 is 8.07 Å². The third kappa shape index (κ3) is 2.58. The van der Waals surface area contributed by atoms with Gasteiger partial charge in [0.25, 0.3) is 0 Å². The quantitative estimate of drug-likeness (QED) is 0.543. The highest BCUT2D eigenvalue weighted by Gasteiger charge is 2.41. The van der Waals surface area contributed by atoms with Crippen molar-refractivity contribution < 1.29 is 0 Å². The molecule has 0 spiro atoms. The van der Waals surface area contributed by atoms with Crippen LogP contribution in [-0.2, 0) is 0 Å². The van der Waals surface area contributed by atoms with Crippen LogP contribution < -0.4 is 0 Å². The summed E-state index contributed by atoms with van der Waals surface area (Å²) in [6, 6.07) is 1.51. The summed E-state index contributed by atoms with van der Waals surface area (Å²) in [5.74, 6) is 0. The minimum atomic E-state index is -1.03. The molecular weight excluding hydrogens is 172 g/mol. The lowest BCUT2D eigenvalue weighted by atomic mass is 10.5. The molecule has 0 amide bonds. The van der Waals surface area contributed by atoms with Gasteiger partial charge in [-0.1, -0.05) is 77.6 Å². The first-order chi connectivity index (χ1) is 5.89. The number of hydrogen-bond acceptors (Lipinski definition) is 0. The molecule has 0 aromatic carbocycles. The normalized spacial score (nSPS) is 13.4. The molecule has 0 unspecified atom stereocenters. The first-order valence-corrected chi connectivity index (χ1v) is 8.33. The Balaban J connectivity index is 4.82. The van der Waals surface area contributed by atoms with Crippen LogP contribution in [-0.4, -0.2) is 8.07 Å². The molecule has 0 aliphatic rings. The van der Waals surface area contributed by atoms with Crippen molar-refractivity contribution in [2.24, 2.45) is 0 Å². The van der Waals surface area contributed by atoms with E-state index in [4.69, 9.17) is 0 Å². The molecule has 0 radical (unpaired) electrons. The summed E-state index contributed by atoms with van der Waals surface area (Å²) < 4.78 is 0. The maximum atomic E-state index is 2.45. The fourth-order valence-electron chi connectivity index (χ4n) is 3.30. The molecule has 1 heteroatoms. The van der Waals surface area contributed by atoms with E-state index in [1.54, 1.807) is 0 Å². The molecule has 0 rings (SSSR count). The van der Waals surface area contributed by atoms with Crippen molar-refractivity contribution in [3.63, 3.8) is 0 Å². The van der Waals surface area contributed by atoms with Crippen LogP contribution in [0.3, 0.4) is 0 Å². The Labute approximate surface area is 86.1 Å². The van der Waals surface area contributed by atoms with Crippen LogP contribution in [0.5, 0.6) is 0 Å². The SMILES string of the molecule is CCC[Si](C(C)C)(C(C)C)C(C)C. The number of rotatable bonds is 5. The van der Waals surface area contributed by atoms with Gasteiger partial charge in [-0.3, -0.25) is 0 Å². The second kappa shape index (κ2) is 5.19. The van der Waals surface area contributed by atoms with E-state index in [1.165, 1.54) is 12.5 Å². The molecule has 0 saturated heterocycles. The molecule has 0 atom stereocenters. The molecule has 13 heavy (non-hydrogen) atoms. The zero-order chi connectivity index (χ0) is 10.6. The van der Waals surface area contributed by atoms with E-state index in [1.807, 2.05) is 0 Å². The standard InChI is InChI=1S/C12H28Si/c1-8-9-13(10(2)3,11(4)5)12(6)7/h10-12H,8-9H2,1-7H3. The van der Waals surface area contributed by atoms with Crippen molar-refractivity contribution in [3.8, 4) is 0 Å². The Morgan fingerprint density at radius 1 is 0.769 bits per heavy atom. The van der Waals surface area contributed by atoms with Gasteiger partial charge in [0.15, 0.2) is 0 Å². The zero-order valence-corrected chi connectivity index (χ0v) is 11.6. The predicted octanol–water partition coefficient (Wildman–Crippen LogP) is 5.08. The van der Waals surface area contributed by atoms with Gasteiger partial charge in [0, 0.05) is 0 Å². The number of hydrogen-bond donors (Lipinski definition) is 0. The van der Waals surface area contributed by atoms with Crippen molar-refractivity contribution in [1.82, 2.24) is 0 Å². The average Bonchev–Trinajstić information content (AvgIpc) is 1.97. The first kappa shape index (κ1) is 13.2. The predicted molar refractivity (Wildman–Crippen MR) is 66.1 cm³/mol. The molecule has 80 valence electrons. The van der Waals surface area contributed by atoms with Gasteiger partial charge in [0.1, 0.15) is 0 Å². The van der Waals surface area contributed by atoms with Gasteiger partial charge < -0.3 is 0 Å². The topological polar surface area (TPSA) is 0 Å². The molecule has 0 fully saturated rings. The molecule has 0 aliphatic carbocycles. The van der Waals surface area contributed by atoms with Crippen LogP contribution >= 0.6 is 0 Å². The summed E-state index contributed by atoms with van der Waals surface area (Å²) in [6.45, 7) is 17.0. The minimum absolute atomic E-state index is 0.937. The highest BCUT2D eigenvalue weighted by Crippen LogP contribution is 2.44. The van der Waals surface area contributed by atoms with Crippen LogP contribution in [0.2, 0.25) is 22.7 Å². The average molecular weight is 200 g/mol. The molecule has 0 aromatic rings. The fraction of sp³-hybridized carbons (Fsp3) is 1.00. The second-order valence-corrected chi connectivity index (χ2v) is 11.5. The first-order valence-electron chi connectivity index (χ1n) is 5.89. The molecule has 0 aromatic heterocycles. The van der Waals surface area contributed by atoms with Gasteiger partial charge in [-0.2, -0.15) is 0 Å². The summed E-state index contributed by atoms with van der Waals surface area (Å²) in [5, 5.41) is 0. The third-order valence-electron chi connectivity index (χ3n) is 3.91. The molecule has 0 N–H and O–H groups in total. The Morgan fingerprint density at radius 2 is 1.08 bits per heavy atom. The molecule has 0 aliphatic heterocycles. The molecule has 0 bridgehead atoms. The van der Waals surface area contributed by atoms with Crippen molar-refractivity contribution in [1.29, 1.82) is 0 Å². The largest absolute Gasteiger partial charge is 0.0656 e. The van der Waals surface area contributed by atoms with E-state index >= 15 is 0 Å². The zero-order valence-electron chi connectivity index (χ0n) is 10.6. The Kier molecular flexibility index (Phi) is 5.27.